The zero-order chi connectivity index (χ0) is 14.2. The maximum atomic E-state index is 11.8. The molecule has 1 radical (unpaired) electrons. The first kappa shape index (κ1) is 14.1. The summed E-state index contributed by atoms with van der Waals surface area (Å²) in [5, 5.41) is 9.81. The number of rotatable bonds is 5. The van der Waals surface area contributed by atoms with E-state index in [2.05, 4.69) is 0 Å². The smallest absolute Gasteiger partial charge is 0.227 e. The molecular weight excluding hydrogens is 252 g/mol. The van der Waals surface area contributed by atoms with Crippen LogP contribution in [0.25, 0.3) is 6.20 Å². The van der Waals surface area contributed by atoms with Gasteiger partial charge in [0.05, 0.1) is 6.54 Å². The predicted molar refractivity (Wildman–Crippen MR) is 76.8 cm³/mol. The van der Waals surface area contributed by atoms with Crippen LogP contribution in [0.3, 0.4) is 0 Å². The molecule has 2 heterocycles. The topological polar surface area (TPSA) is 44.4 Å². The van der Waals surface area contributed by atoms with Crippen molar-refractivity contribution in [3.63, 3.8) is 0 Å². The van der Waals surface area contributed by atoms with Crippen LogP contribution >= 0.6 is 0 Å². The van der Waals surface area contributed by atoms with Gasteiger partial charge < -0.3 is 10.0 Å². The lowest BCUT2D eigenvalue weighted by Gasteiger charge is -2.17. The van der Waals surface area contributed by atoms with Crippen molar-refractivity contribution >= 4 is 12.1 Å². The quantitative estimate of drug-likeness (QED) is 0.660. The summed E-state index contributed by atoms with van der Waals surface area (Å²) in [7, 11) is 0. The molecule has 0 unspecified atom stereocenters. The Morgan fingerprint density at radius 2 is 1.90 bits per heavy atom. The first-order valence-electron chi connectivity index (χ1n) is 6.60. The van der Waals surface area contributed by atoms with Crippen molar-refractivity contribution in [1.29, 1.82) is 0 Å². The minimum absolute atomic E-state index is 0.0331. The van der Waals surface area contributed by atoms with Gasteiger partial charge in [-0.25, -0.2) is 0 Å². The molecule has 0 bridgehead atoms. The summed E-state index contributed by atoms with van der Waals surface area (Å²) in [4.78, 5) is 13.4. The zero-order valence-electron chi connectivity index (χ0n) is 11.2. The summed E-state index contributed by atoms with van der Waals surface area (Å²) in [6.07, 6.45) is 14.1. The fraction of sp³-hybridized carbons (Fsp3) is 0.188. The van der Waals surface area contributed by atoms with E-state index >= 15 is 0 Å². The monoisotopic (exact) mass is 270 g/mol. The number of nitrogens with zero attached hydrogens (tertiary/aromatic N) is 2. The SMILES string of the molecule is O=C(CCC/C(O)=C/[n+]1ccccc1)N1[CH]C=CC=C1. The normalized spacial score (nSPS) is 14.6. The number of amides is 1. The maximum absolute atomic E-state index is 11.8. The van der Waals surface area contributed by atoms with Crippen LogP contribution in [-0.2, 0) is 4.79 Å². The molecule has 0 saturated carbocycles. The molecule has 0 atom stereocenters. The Hall–Kier alpha value is -2.36. The van der Waals surface area contributed by atoms with Crippen LogP contribution in [0, 0.1) is 6.54 Å². The van der Waals surface area contributed by atoms with E-state index in [0.29, 0.717) is 19.3 Å². The van der Waals surface area contributed by atoms with Gasteiger partial charge in [0.15, 0.2) is 18.2 Å². The average Bonchev–Trinajstić information content (AvgIpc) is 2.49. The number of hydrogen-bond donors (Lipinski definition) is 1. The lowest BCUT2D eigenvalue weighted by atomic mass is 10.2. The highest BCUT2D eigenvalue weighted by atomic mass is 16.3. The van der Waals surface area contributed by atoms with Gasteiger partial charge in [0.2, 0.25) is 12.1 Å². The van der Waals surface area contributed by atoms with Crippen molar-refractivity contribution in [3.8, 4) is 0 Å². The standard InChI is InChI=1S/C16H17N2O2/c19-15(14-17-10-3-1-4-11-17)8-7-9-16(20)18-12-5-2-6-13-18/h1-6,10-14H,7-9H2/p+1/b15-14-. The molecular formula is C16H18N2O2+. The third kappa shape index (κ3) is 4.39. The second kappa shape index (κ2) is 7.28. The predicted octanol–water partition coefficient (Wildman–Crippen LogP) is 2.57. The van der Waals surface area contributed by atoms with Gasteiger partial charge in [-0.05, 0) is 12.5 Å². The molecule has 1 N–H and O–H groups in total. The van der Waals surface area contributed by atoms with Gasteiger partial charge in [0, 0.05) is 31.2 Å². The number of aromatic nitrogens is 1. The molecule has 0 saturated heterocycles. The summed E-state index contributed by atoms with van der Waals surface area (Å²) in [6.45, 7) is 1.73. The van der Waals surface area contributed by atoms with E-state index in [0.717, 1.165) is 0 Å². The first-order valence-corrected chi connectivity index (χ1v) is 6.60. The maximum Gasteiger partial charge on any atom is 0.227 e. The molecule has 0 spiro atoms. The van der Waals surface area contributed by atoms with E-state index in [1.165, 1.54) is 0 Å². The number of carbonyl (C=O) groups is 1. The van der Waals surface area contributed by atoms with Gasteiger partial charge in [0.1, 0.15) is 0 Å². The van der Waals surface area contributed by atoms with Crippen molar-refractivity contribution in [2.45, 2.75) is 19.3 Å². The molecule has 2 rings (SSSR count). The van der Waals surface area contributed by atoms with Crippen molar-refractivity contribution < 1.29 is 14.5 Å². The Morgan fingerprint density at radius 1 is 1.10 bits per heavy atom. The van der Waals surface area contributed by atoms with Gasteiger partial charge in [-0.3, -0.25) is 4.79 Å². The van der Waals surface area contributed by atoms with Crippen LogP contribution in [0.1, 0.15) is 19.3 Å². The molecule has 1 amide bonds. The molecule has 1 aromatic heterocycles. The lowest BCUT2D eigenvalue weighted by molar-refractivity contribution is -0.569. The van der Waals surface area contributed by atoms with E-state index in [1.807, 2.05) is 48.8 Å². The van der Waals surface area contributed by atoms with Crippen molar-refractivity contribution in [1.82, 2.24) is 4.90 Å². The molecule has 103 valence electrons. The minimum Gasteiger partial charge on any atom is -0.506 e. The molecule has 1 aromatic rings. The Balaban J connectivity index is 1.75. The molecule has 0 aliphatic carbocycles. The van der Waals surface area contributed by atoms with Crippen LogP contribution in [0.4, 0.5) is 0 Å². The summed E-state index contributed by atoms with van der Waals surface area (Å²) < 4.78 is 1.78. The van der Waals surface area contributed by atoms with Crippen LogP contribution < -0.4 is 4.57 Å². The largest absolute Gasteiger partial charge is 0.506 e. The van der Waals surface area contributed by atoms with Gasteiger partial charge in [-0.1, -0.05) is 18.2 Å². The van der Waals surface area contributed by atoms with Gasteiger partial charge in [0.25, 0.3) is 0 Å². The molecule has 20 heavy (non-hydrogen) atoms. The van der Waals surface area contributed by atoms with E-state index in [1.54, 1.807) is 28.4 Å². The van der Waals surface area contributed by atoms with Crippen LogP contribution in [0.5, 0.6) is 0 Å². The molecule has 4 heteroatoms. The number of aliphatic hydroxyl groups is 1. The number of aliphatic hydroxyl groups excluding tert-OH is 1. The van der Waals surface area contributed by atoms with E-state index in [-0.39, 0.29) is 11.7 Å². The van der Waals surface area contributed by atoms with Crippen LogP contribution in [0.2, 0.25) is 0 Å². The second-order valence-corrected chi connectivity index (χ2v) is 4.47. The van der Waals surface area contributed by atoms with Crippen molar-refractivity contribution in [2.75, 3.05) is 0 Å². The van der Waals surface area contributed by atoms with Gasteiger partial charge in [-0.15, -0.1) is 0 Å². The number of pyridine rings is 1. The summed E-state index contributed by atoms with van der Waals surface area (Å²) >= 11 is 0. The Labute approximate surface area is 119 Å². The minimum atomic E-state index is 0.0331. The third-order valence-electron chi connectivity index (χ3n) is 2.86. The fourth-order valence-electron chi connectivity index (χ4n) is 1.85. The Morgan fingerprint density at radius 3 is 2.60 bits per heavy atom. The van der Waals surface area contributed by atoms with E-state index in [4.69, 9.17) is 0 Å². The molecule has 1 aliphatic heterocycles. The number of allylic oxidation sites excluding steroid dienone is 3. The fourth-order valence-corrected chi connectivity index (χ4v) is 1.85. The van der Waals surface area contributed by atoms with Gasteiger partial charge in [-0.2, -0.15) is 4.57 Å². The summed E-state index contributed by atoms with van der Waals surface area (Å²) in [5.74, 6) is 0.304. The Bertz CT molecular complexity index is 533. The molecule has 1 aliphatic rings. The van der Waals surface area contributed by atoms with Crippen molar-refractivity contribution in [2.24, 2.45) is 0 Å². The molecule has 4 nitrogen and oxygen atoms in total. The average molecular weight is 270 g/mol. The number of carbonyl (C=O) groups excluding carboxylic acids is 1. The second-order valence-electron chi connectivity index (χ2n) is 4.47. The Kier molecular flexibility index (Phi) is 5.12. The summed E-state index contributed by atoms with van der Waals surface area (Å²) in [6, 6.07) is 5.69. The lowest BCUT2D eigenvalue weighted by Crippen LogP contribution is -2.25. The highest BCUT2D eigenvalue weighted by Crippen LogP contribution is 2.10. The van der Waals surface area contributed by atoms with Crippen LogP contribution in [-0.4, -0.2) is 15.9 Å². The zero-order valence-corrected chi connectivity index (χ0v) is 11.2. The summed E-state index contributed by atoms with van der Waals surface area (Å²) in [5.41, 5.74) is 0. The van der Waals surface area contributed by atoms with E-state index < -0.39 is 0 Å². The number of hydrogen-bond acceptors (Lipinski definition) is 2. The highest BCUT2D eigenvalue weighted by molar-refractivity contribution is 5.78. The molecule has 0 fully saturated rings. The van der Waals surface area contributed by atoms with Gasteiger partial charge >= 0.3 is 0 Å². The first-order chi connectivity index (χ1) is 9.75. The highest BCUT2D eigenvalue weighted by Gasteiger charge is 2.11. The third-order valence-corrected chi connectivity index (χ3v) is 2.86. The molecule has 0 aromatic carbocycles. The van der Waals surface area contributed by atoms with Crippen LogP contribution in [0.15, 0.2) is 60.8 Å². The van der Waals surface area contributed by atoms with E-state index in [9.17, 15) is 9.90 Å². The van der Waals surface area contributed by atoms with Crippen molar-refractivity contribution in [3.05, 3.63) is 67.3 Å².